The SMILES string of the molecule is CS[C@H](C)C(=O)Nc1cccc(C[S@](=O)C2CCCCC2)c1. The van der Waals surface area contributed by atoms with Crippen LogP contribution in [0.3, 0.4) is 0 Å². The van der Waals surface area contributed by atoms with Crippen LogP contribution in [0.1, 0.15) is 44.6 Å². The summed E-state index contributed by atoms with van der Waals surface area (Å²) in [5, 5.41) is 3.21. The molecule has 1 saturated carbocycles. The zero-order valence-electron chi connectivity index (χ0n) is 13.3. The van der Waals surface area contributed by atoms with Crippen LogP contribution in [0.4, 0.5) is 5.69 Å². The van der Waals surface area contributed by atoms with Crippen molar-refractivity contribution in [1.29, 1.82) is 0 Å². The first kappa shape index (κ1) is 17.5. The van der Waals surface area contributed by atoms with Gasteiger partial charge in [0, 0.05) is 27.5 Å². The fourth-order valence-electron chi connectivity index (χ4n) is 2.70. The summed E-state index contributed by atoms with van der Waals surface area (Å²) in [4.78, 5) is 11.9. The molecule has 0 aliphatic heterocycles. The van der Waals surface area contributed by atoms with Crippen LogP contribution in [0.5, 0.6) is 0 Å². The normalized spacial score (nSPS) is 18.6. The Kier molecular flexibility index (Phi) is 6.96. The van der Waals surface area contributed by atoms with Gasteiger partial charge in [0.2, 0.25) is 5.91 Å². The second-order valence-electron chi connectivity index (χ2n) is 5.85. The molecule has 5 heteroatoms. The molecule has 2 rings (SSSR count). The molecule has 1 N–H and O–H groups in total. The topological polar surface area (TPSA) is 46.2 Å². The minimum absolute atomic E-state index is 0.0121. The lowest BCUT2D eigenvalue weighted by molar-refractivity contribution is -0.115. The Morgan fingerprint density at radius 2 is 2.09 bits per heavy atom. The van der Waals surface area contributed by atoms with Crippen molar-refractivity contribution in [2.75, 3.05) is 11.6 Å². The molecule has 1 aliphatic carbocycles. The lowest BCUT2D eigenvalue weighted by Crippen LogP contribution is -2.22. The number of rotatable bonds is 6. The third-order valence-corrected chi connectivity index (χ3v) is 6.90. The minimum Gasteiger partial charge on any atom is -0.325 e. The van der Waals surface area contributed by atoms with Crippen molar-refractivity contribution in [3.63, 3.8) is 0 Å². The lowest BCUT2D eigenvalue weighted by atomic mass is 10.0. The van der Waals surface area contributed by atoms with Crippen molar-refractivity contribution in [3.05, 3.63) is 29.8 Å². The molecular weight excluding hydrogens is 314 g/mol. The second kappa shape index (κ2) is 8.73. The van der Waals surface area contributed by atoms with Crippen molar-refractivity contribution in [3.8, 4) is 0 Å². The molecule has 0 bridgehead atoms. The molecule has 0 saturated heterocycles. The number of carbonyl (C=O) groups is 1. The van der Waals surface area contributed by atoms with E-state index in [0.29, 0.717) is 11.0 Å². The molecule has 1 amide bonds. The maximum Gasteiger partial charge on any atom is 0.237 e. The van der Waals surface area contributed by atoms with Gasteiger partial charge in [-0.2, -0.15) is 11.8 Å². The van der Waals surface area contributed by atoms with E-state index in [9.17, 15) is 9.00 Å². The molecule has 0 radical (unpaired) electrons. The maximum atomic E-state index is 12.5. The van der Waals surface area contributed by atoms with E-state index in [1.54, 1.807) is 0 Å². The molecule has 0 aromatic heterocycles. The third-order valence-electron chi connectivity index (χ3n) is 4.15. The Morgan fingerprint density at radius 1 is 1.36 bits per heavy atom. The number of carbonyl (C=O) groups excluding carboxylic acids is 1. The molecule has 22 heavy (non-hydrogen) atoms. The summed E-state index contributed by atoms with van der Waals surface area (Å²) in [6.45, 7) is 1.89. The van der Waals surface area contributed by atoms with Crippen molar-refractivity contribution in [2.24, 2.45) is 0 Å². The fraction of sp³-hybridized carbons (Fsp3) is 0.588. The average Bonchev–Trinajstić information content (AvgIpc) is 2.55. The largest absolute Gasteiger partial charge is 0.325 e. The summed E-state index contributed by atoms with van der Waals surface area (Å²) in [6.07, 6.45) is 7.80. The summed E-state index contributed by atoms with van der Waals surface area (Å²) < 4.78 is 12.5. The van der Waals surface area contributed by atoms with Crippen molar-refractivity contribution >= 4 is 34.2 Å². The van der Waals surface area contributed by atoms with Gasteiger partial charge in [0.1, 0.15) is 0 Å². The second-order valence-corrected chi connectivity index (χ2v) is 8.75. The van der Waals surface area contributed by atoms with Gasteiger partial charge in [0.15, 0.2) is 0 Å². The lowest BCUT2D eigenvalue weighted by Gasteiger charge is -2.21. The summed E-state index contributed by atoms with van der Waals surface area (Å²) in [6, 6.07) is 7.75. The summed E-state index contributed by atoms with van der Waals surface area (Å²) in [7, 11) is -0.806. The quantitative estimate of drug-likeness (QED) is 0.853. The molecule has 1 aromatic carbocycles. The first-order valence-corrected chi connectivity index (χ1v) is 10.6. The summed E-state index contributed by atoms with van der Waals surface area (Å²) >= 11 is 1.53. The Hall–Kier alpha value is -0.810. The molecule has 3 nitrogen and oxygen atoms in total. The summed E-state index contributed by atoms with van der Waals surface area (Å²) in [5.74, 6) is 0.602. The standard InChI is InChI=1S/C17H25NO2S2/c1-13(21-2)17(19)18-15-8-6-7-14(11-15)12-22(20)16-9-4-3-5-10-16/h6-8,11,13,16H,3-5,9-10,12H2,1-2H3,(H,18,19)/t13-,22+/m1/s1. The summed E-state index contributed by atoms with van der Waals surface area (Å²) in [5.41, 5.74) is 1.84. The molecule has 1 aliphatic rings. The van der Waals surface area contributed by atoms with Crippen LogP contribution in [0.2, 0.25) is 0 Å². The fourth-order valence-corrected chi connectivity index (χ4v) is 4.58. The molecule has 0 unspecified atom stereocenters. The highest BCUT2D eigenvalue weighted by molar-refractivity contribution is 7.99. The number of amides is 1. The van der Waals surface area contributed by atoms with E-state index in [2.05, 4.69) is 5.32 Å². The van der Waals surface area contributed by atoms with E-state index in [4.69, 9.17) is 0 Å². The van der Waals surface area contributed by atoms with Gasteiger partial charge in [0.05, 0.1) is 5.25 Å². The first-order valence-electron chi connectivity index (χ1n) is 7.90. The van der Waals surface area contributed by atoms with Gasteiger partial charge < -0.3 is 5.32 Å². The van der Waals surface area contributed by atoms with Gasteiger partial charge >= 0.3 is 0 Å². The van der Waals surface area contributed by atoms with Crippen LogP contribution in [-0.4, -0.2) is 26.9 Å². The first-order chi connectivity index (χ1) is 10.6. The number of benzene rings is 1. The van der Waals surface area contributed by atoms with Crippen LogP contribution in [0.15, 0.2) is 24.3 Å². The van der Waals surface area contributed by atoms with E-state index in [0.717, 1.165) is 24.1 Å². The zero-order valence-corrected chi connectivity index (χ0v) is 15.0. The van der Waals surface area contributed by atoms with Gasteiger partial charge in [-0.05, 0) is 43.7 Å². The molecule has 2 atom stereocenters. The highest BCUT2D eigenvalue weighted by atomic mass is 32.2. The Morgan fingerprint density at radius 3 is 2.77 bits per heavy atom. The predicted molar refractivity (Wildman–Crippen MR) is 96.8 cm³/mol. The van der Waals surface area contributed by atoms with E-state index >= 15 is 0 Å². The van der Waals surface area contributed by atoms with Crippen molar-refractivity contribution < 1.29 is 9.00 Å². The number of hydrogen-bond acceptors (Lipinski definition) is 3. The molecule has 122 valence electrons. The van der Waals surface area contributed by atoms with Gasteiger partial charge in [-0.3, -0.25) is 9.00 Å². The number of thioether (sulfide) groups is 1. The minimum atomic E-state index is -0.806. The van der Waals surface area contributed by atoms with Gasteiger partial charge in [-0.1, -0.05) is 31.4 Å². The molecule has 0 heterocycles. The van der Waals surface area contributed by atoms with Crippen LogP contribution in [-0.2, 0) is 21.3 Å². The molecule has 1 aromatic rings. The Labute approximate surface area is 140 Å². The van der Waals surface area contributed by atoms with Crippen LogP contribution >= 0.6 is 11.8 Å². The van der Waals surface area contributed by atoms with Gasteiger partial charge in [0.25, 0.3) is 0 Å². The van der Waals surface area contributed by atoms with E-state index < -0.39 is 10.8 Å². The van der Waals surface area contributed by atoms with Gasteiger partial charge in [-0.15, -0.1) is 0 Å². The predicted octanol–water partition coefficient (Wildman–Crippen LogP) is 3.96. The van der Waals surface area contributed by atoms with Crippen molar-refractivity contribution in [1.82, 2.24) is 0 Å². The monoisotopic (exact) mass is 339 g/mol. The Bertz CT molecular complexity index is 527. The highest BCUT2D eigenvalue weighted by Crippen LogP contribution is 2.24. The average molecular weight is 340 g/mol. The Balaban J connectivity index is 1.96. The number of hydrogen-bond donors (Lipinski definition) is 1. The van der Waals surface area contributed by atoms with Crippen LogP contribution in [0.25, 0.3) is 0 Å². The number of nitrogens with one attached hydrogen (secondary N) is 1. The van der Waals surface area contributed by atoms with E-state index in [1.807, 2.05) is 37.4 Å². The van der Waals surface area contributed by atoms with E-state index in [1.165, 1.54) is 31.0 Å². The van der Waals surface area contributed by atoms with Crippen LogP contribution in [0, 0.1) is 0 Å². The molecule has 1 fully saturated rings. The van der Waals surface area contributed by atoms with E-state index in [-0.39, 0.29) is 11.2 Å². The van der Waals surface area contributed by atoms with Crippen LogP contribution < -0.4 is 5.32 Å². The highest BCUT2D eigenvalue weighted by Gasteiger charge is 2.20. The molecule has 0 spiro atoms. The third kappa shape index (κ3) is 5.13. The molecular formula is C17H25NO2S2. The maximum absolute atomic E-state index is 12.5. The number of anilines is 1. The zero-order chi connectivity index (χ0) is 15.9. The smallest absolute Gasteiger partial charge is 0.237 e. The van der Waals surface area contributed by atoms with Gasteiger partial charge in [-0.25, -0.2) is 0 Å². The van der Waals surface area contributed by atoms with Crippen molar-refractivity contribution in [2.45, 2.75) is 55.3 Å².